The van der Waals surface area contributed by atoms with Gasteiger partial charge in [0.1, 0.15) is 5.82 Å². The van der Waals surface area contributed by atoms with Crippen LogP contribution >= 0.6 is 15.9 Å². The lowest BCUT2D eigenvalue weighted by atomic mass is 10.1. The summed E-state index contributed by atoms with van der Waals surface area (Å²) in [5, 5.41) is 7.31. The number of halogens is 2. The lowest BCUT2D eigenvalue weighted by Gasteiger charge is -2.24. The molecule has 0 spiro atoms. The Morgan fingerprint density at radius 1 is 1.47 bits per heavy atom. The molecule has 3 nitrogen and oxygen atoms in total. The molecule has 0 aliphatic heterocycles. The van der Waals surface area contributed by atoms with Crippen LogP contribution in [0.2, 0.25) is 0 Å². The molecular weight excluding hydrogens is 309 g/mol. The van der Waals surface area contributed by atoms with Crippen molar-refractivity contribution in [3.63, 3.8) is 0 Å². The van der Waals surface area contributed by atoms with E-state index in [1.165, 1.54) is 12.1 Å². The van der Waals surface area contributed by atoms with E-state index in [1.54, 1.807) is 6.07 Å². The minimum absolute atomic E-state index is 0.201. The molecule has 0 aliphatic carbocycles. The van der Waals surface area contributed by atoms with Gasteiger partial charge in [-0.3, -0.25) is 10.3 Å². The fourth-order valence-electron chi connectivity index (χ4n) is 1.92. The quantitative estimate of drug-likeness (QED) is 0.595. The minimum atomic E-state index is -0.241. The maximum atomic E-state index is 13.1. The number of hydrogen-bond donors (Lipinski definition) is 2. The molecule has 19 heavy (non-hydrogen) atoms. The molecule has 0 saturated heterocycles. The highest BCUT2D eigenvalue weighted by atomic mass is 79.9. The maximum absolute atomic E-state index is 13.1. The zero-order chi connectivity index (χ0) is 14.4. The van der Waals surface area contributed by atoms with E-state index < -0.39 is 0 Å². The van der Waals surface area contributed by atoms with Gasteiger partial charge in [-0.2, -0.15) is 0 Å². The van der Waals surface area contributed by atoms with Crippen LogP contribution in [-0.4, -0.2) is 23.8 Å². The number of benzene rings is 1. The van der Waals surface area contributed by atoms with Crippen molar-refractivity contribution in [2.75, 3.05) is 13.1 Å². The second-order valence-corrected chi connectivity index (χ2v) is 5.99. The molecule has 0 radical (unpaired) electrons. The summed E-state index contributed by atoms with van der Waals surface area (Å²) in [5.41, 5.74) is 6.46. The van der Waals surface area contributed by atoms with E-state index in [0.717, 1.165) is 29.7 Å². The third-order valence-electron chi connectivity index (χ3n) is 2.73. The molecule has 0 fully saturated rings. The van der Waals surface area contributed by atoms with E-state index >= 15 is 0 Å². The fourth-order valence-corrected chi connectivity index (χ4v) is 2.40. The Morgan fingerprint density at radius 3 is 2.68 bits per heavy atom. The summed E-state index contributed by atoms with van der Waals surface area (Å²) in [5.74, 6) is 0.493. The molecule has 5 heteroatoms. The van der Waals surface area contributed by atoms with E-state index in [2.05, 4.69) is 34.7 Å². The molecule has 1 aromatic carbocycles. The van der Waals surface area contributed by atoms with Crippen LogP contribution in [0, 0.1) is 17.1 Å². The normalized spacial score (nSPS) is 11.3. The van der Waals surface area contributed by atoms with E-state index in [4.69, 9.17) is 11.1 Å². The second-order valence-electron chi connectivity index (χ2n) is 5.14. The van der Waals surface area contributed by atoms with Crippen LogP contribution in [0.5, 0.6) is 0 Å². The van der Waals surface area contributed by atoms with Crippen molar-refractivity contribution < 1.29 is 4.39 Å². The van der Waals surface area contributed by atoms with Gasteiger partial charge < -0.3 is 5.73 Å². The number of rotatable bonds is 7. The van der Waals surface area contributed by atoms with Crippen LogP contribution < -0.4 is 5.73 Å². The van der Waals surface area contributed by atoms with Crippen LogP contribution in [0.4, 0.5) is 4.39 Å². The molecule has 1 rings (SSSR count). The van der Waals surface area contributed by atoms with E-state index in [-0.39, 0.29) is 11.7 Å². The molecule has 0 atom stereocenters. The molecular formula is C14H21BrFN3. The first-order valence-corrected chi connectivity index (χ1v) is 7.17. The summed E-state index contributed by atoms with van der Waals surface area (Å²) in [6, 6.07) is 4.74. The first-order valence-electron chi connectivity index (χ1n) is 6.37. The predicted molar refractivity (Wildman–Crippen MR) is 80.7 cm³/mol. The van der Waals surface area contributed by atoms with E-state index in [1.807, 2.05) is 0 Å². The van der Waals surface area contributed by atoms with Crippen LogP contribution in [0.1, 0.15) is 25.8 Å². The van der Waals surface area contributed by atoms with Gasteiger partial charge in [-0.1, -0.05) is 35.8 Å². The SMILES string of the molecule is CC(C)CN(CCC(=N)N)Cc1ccc(F)cc1Br. The van der Waals surface area contributed by atoms with Gasteiger partial charge in [-0.05, 0) is 23.6 Å². The van der Waals surface area contributed by atoms with Crippen LogP contribution in [0.25, 0.3) is 0 Å². The molecule has 0 amide bonds. The summed E-state index contributed by atoms with van der Waals surface area (Å²) >= 11 is 3.39. The average Bonchev–Trinajstić information content (AvgIpc) is 2.28. The van der Waals surface area contributed by atoms with Crippen LogP contribution in [0.3, 0.4) is 0 Å². The summed E-state index contributed by atoms with van der Waals surface area (Å²) in [4.78, 5) is 2.24. The van der Waals surface area contributed by atoms with Gasteiger partial charge in [0.25, 0.3) is 0 Å². The third-order valence-corrected chi connectivity index (χ3v) is 3.47. The molecule has 0 aliphatic rings. The molecule has 106 valence electrons. The van der Waals surface area contributed by atoms with Crippen molar-refractivity contribution in [3.8, 4) is 0 Å². The largest absolute Gasteiger partial charge is 0.388 e. The zero-order valence-electron chi connectivity index (χ0n) is 11.4. The molecule has 0 aromatic heterocycles. The average molecular weight is 330 g/mol. The Bertz CT molecular complexity index is 435. The van der Waals surface area contributed by atoms with Crippen molar-refractivity contribution in [2.45, 2.75) is 26.8 Å². The van der Waals surface area contributed by atoms with Gasteiger partial charge >= 0.3 is 0 Å². The van der Waals surface area contributed by atoms with Gasteiger partial charge in [-0.25, -0.2) is 4.39 Å². The van der Waals surface area contributed by atoms with E-state index in [0.29, 0.717) is 12.3 Å². The summed E-state index contributed by atoms with van der Waals surface area (Å²) in [7, 11) is 0. The maximum Gasteiger partial charge on any atom is 0.124 e. The van der Waals surface area contributed by atoms with Gasteiger partial charge in [0, 0.05) is 30.5 Å². The molecule has 1 aromatic rings. The molecule has 0 bridgehead atoms. The van der Waals surface area contributed by atoms with Crippen LogP contribution in [-0.2, 0) is 6.54 Å². The van der Waals surface area contributed by atoms with E-state index in [9.17, 15) is 4.39 Å². The first-order chi connectivity index (χ1) is 8.88. The first kappa shape index (κ1) is 16.1. The Hall–Kier alpha value is -0.940. The van der Waals surface area contributed by atoms with Crippen molar-refractivity contribution in [3.05, 3.63) is 34.1 Å². The smallest absolute Gasteiger partial charge is 0.124 e. The topological polar surface area (TPSA) is 53.1 Å². The number of hydrogen-bond acceptors (Lipinski definition) is 2. The number of nitrogens with zero attached hydrogens (tertiary/aromatic N) is 1. The lowest BCUT2D eigenvalue weighted by molar-refractivity contribution is 0.242. The van der Waals surface area contributed by atoms with Gasteiger partial charge in [-0.15, -0.1) is 0 Å². The van der Waals surface area contributed by atoms with Crippen LogP contribution in [0.15, 0.2) is 22.7 Å². The van der Waals surface area contributed by atoms with Gasteiger partial charge in [0.05, 0.1) is 5.84 Å². The standard InChI is InChI=1S/C14H21BrFN3/c1-10(2)8-19(6-5-14(17)18)9-11-3-4-12(16)7-13(11)15/h3-4,7,10H,5-6,8-9H2,1-2H3,(H3,17,18). The Labute approximate surface area is 122 Å². The van der Waals surface area contributed by atoms with Gasteiger partial charge in [0.15, 0.2) is 0 Å². The van der Waals surface area contributed by atoms with Crippen molar-refractivity contribution >= 4 is 21.8 Å². The second kappa shape index (κ2) is 7.60. The minimum Gasteiger partial charge on any atom is -0.388 e. The number of nitrogens with two attached hydrogens (primary N) is 1. The Balaban J connectivity index is 2.72. The lowest BCUT2D eigenvalue weighted by Crippen LogP contribution is -2.31. The summed E-state index contributed by atoms with van der Waals surface area (Å²) in [6.07, 6.45) is 0.561. The number of nitrogens with one attached hydrogen (secondary N) is 1. The van der Waals surface area contributed by atoms with Crippen molar-refractivity contribution in [1.29, 1.82) is 5.41 Å². The molecule has 0 saturated carbocycles. The third kappa shape index (κ3) is 6.16. The highest BCUT2D eigenvalue weighted by Gasteiger charge is 2.11. The highest BCUT2D eigenvalue weighted by Crippen LogP contribution is 2.20. The summed E-state index contributed by atoms with van der Waals surface area (Å²) in [6.45, 7) is 6.71. The zero-order valence-corrected chi connectivity index (χ0v) is 13.0. The molecule has 0 heterocycles. The molecule has 3 N–H and O–H groups in total. The Kier molecular flexibility index (Phi) is 6.45. The predicted octanol–water partition coefficient (Wildman–Crippen LogP) is 3.37. The summed E-state index contributed by atoms with van der Waals surface area (Å²) < 4.78 is 13.8. The van der Waals surface area contributed by atoms with Crippen molar-refractivity contribution in [1.82, 2.24) is 4.90 Å². The fraction of sp³-hybridized carbons (Fsp3) is 0.500. The number of amidine groups is 1. The molecule has 0 unspecified atom stereocenters. The highest BCUT2D eigenvalue weighted by molar-refractivity contribution is 9.10. The van der Waals surface area contributed by atoms with Crippen molar-refractivity contribution in [2.24, 2.45) is 11.7 Å². The van der Waals surface area contributed by atoms with Gasteiger partial charge in [0.2, 0.25) is 0 Å². The Morgan fingerprint density at radius 2 is 2.16 bits per heavy atom. The monoisotopic (exact) mass is 329 g/mol.